The fourth-order valence-corrected chi connectivity index (χ4v) is 3.58. The second-order valence-corrected chi connectivity index (χ2v) is 6.80. The van der Waals surface area contributed by atoms with E-state index in [1.165, 1.54) is 11.3 Å². The molecule has 0 saturated carbocycles. The molecule has 22 heavy (non-hydrogen) atoms. The number of thiazole rings is 1. The maximum atomic E-state index is 12.5. The summed E-state index contributed by atoms with van der Waals surface area (Å²) in [5.41, 5.74) is 6.45. The lowest BCUT2D eigenvalue weighted by atomic mass is 9.91. The van der Waals surface area contributed by atoms with Crippen LogP contribution in [0, 0.1) is 12.8 Å². The number of likely N-dealkylation sites (tertiary alicyclic amines) is 1. The fraction of sp³-hybridized carbons (Fsp3) is 0.500. The molecule has 3 rings (SSSR count). The lowest BCUT2D eigenvalue weighted by molar-refractivity contribution is 0.0676. The first-order chi connectivity index (χ1) is 10.5. The monoisotopic (exact) mass is 319 g/mol. The van der Waals surface area contributed by atoms with Crippen LogP contribution in [-0.2, 0) is 0 Å². The first-order valence-corrected chi connectivity index (χ1v) is 8.49. The molecule has 3 heterocycles. The van der Waals surface area contributed by atoms with Crippen molar-refractivity contribution in [1.29, 1.82) is 0 Å². The molecule has 1 fully saturated rings. The Bertz CT molecular complexity index is 654. The highest BCUT2D eigenvalue weighted by Gasteiger charge is 2.26. The van der Waals surface area contributed by atoms with Crippen LogP contribution in [0.4, 0.5) is 0 Å². The van der Waals surface area contributed by atoms with Crippen molar-refractivity contribution < 1.29 is 9.21 Å². The molecule has 118 valence electrons. The molecule has 2 aromatic rings. The molecule has 0 aliphatic carbocycles. The number of hydrogen-bond acceptors (Lipinski definition) is 5. The quantitative estimate of drug-likeness (QED) is 0.944. The van der Waals surface area contributed by atoms with Crippen molar-refractivity contribution in [3.63, 3.8) is 0 Å². The number of nitrogens with two attached hydrogens (primary N) is 1. The molecule has 1 unspecified atom stereocenters. The molecular formula is C16H21N3O2S. The highest BCUT2D eigenvalue weighted by atomic mass is 32.1. The van der Waals surface area contributed by atoms with Crippen molar-refractivity contribution >= 4 is 17.2 Å². The number of aromatic nitrogens is 1. The summed E-state index contributed by atoms with van der Waals surface area (Å²) in [6.45, 7) is 5.46. The van der Waals surface area contributed by atoms with E-state index in [2.05, 4.69) is 4.98 Å². The van der Waals surface area contributed by atoms with Gasteiger partial charge in [-0.25, -0.2) is 4.98 Å². The lowest BCUT2D eigenvalue weighted by Gasteiger charge is -2.33. The largest absolute Gasteiger partial charge is 0.459 e. The number of nitrogens with zero attached hydrogens (tertiary/aromatic N) is 2. The van der Waals surface area contributed by atoms with Gasteiger partial charge in [0.1, 0.15) is 11.5 Å². The molecular weight excluding hydrogens is 298 g/mol. The van der Waals surface area contributed by atoms with E-state index in [1.54, 1.807) is 0 Å². The van der Waals surface area contributed by atoms with Crippen molar-refractivity contribution in [2.75, 3.05) is 13.1 Å². The number of furan rings is 1. The van der Waals surface area contributed by atoms with Crippen LogP contribution in [0.15, 0.2) is 21.9 Å². The van der Waals surface area contributed by atoms with Gasteiger partial charge >= 0.3 is 0 Å². The normalized spacial score (nSPS) is 17.7. The van der Waals surface area contributed by atoms with E-state index in [0.717, 1.165) is 42.5 Å². The summed E-state index contributed by atoms with van der Waals surface area (Å²) in [5, 5.41) is 2.56. The number of amides is 1. The van der Waals surface area contributed by atoms with E-state index in [1.807, 2.05) is 36.3 Å². The summed E-state index contributed by atoms with van der Waals surface area (Å²) >= 11 is 1.44. The van der Waals surface area contributed by atoms with Gasteiger partial charge in [0.2, 0.25) is 0 Å². The Labute approximate surface area is 134 Å². The van der Waals surface area contributed by atoms with Crippen LogP contribution in [0.5, 0.6) is 0 Å². The SMILES string of the molecule is Cc1ccc(-c2nc(C(=O)N3CCC(C(C)N)CC3)cs2)o1. The van der Waals surface area contributed by atoms with Crippen LogP contribution in [0.2, 0.25) is 0 Å². The Hall–Kier alpha value is -1.66. The molecule has 0 radical (unpaired) electrons. The number of carbonyl (C=O) groups is 1. The van der Waals surface area contributed by atoms with E-state index >= 15 is 0 Å². The maximum Gasteiger partial charge on any atom is 0.273 e. The number of carbonyl (C=O) groups excluding carboxylic acids is 1. The third-order valence-electron chi connectivity index (χ3n) is 4.24. The summed E-state index contributed by atoms with van der Waals surface area (Å²) in [7, 11) is 0. The van der Waals surface area contributed by atoms with Gasteiger partial charge in [-0.05, 0) is 44.7 Å². The number of piperidine rings is 1. The van der Waals surface area contributed by atoms with E-state index < -0.39 is 0 Å². The van der Waals surface area contributed by atoms with Gasteiger partial charge in [0.15, 0.2) is 10.8 Å². The average Bonchev–Trinajstić information content (AvgIpc) is 3.15. The highest BCUT2D eigenvalue weighted by molar-refractivity contribution is 7.13. The van der Waals surface area contributed by atoms with Crippen LogP contribution in [0.1, 0.15) is 36.0 Å². The lowest BCUT2D eigenvalue weighted by Crippen LogP contribution is -2.42. The minimum Gasteiger partial charge on any atom is -0.459 e. The Morgan fingerprint density at radius 1 is 1.45 bits per heavy atom. The van der Waals surface area contributed by atoms with Crippen molar-refractivity contribution in [3.05, 3.63) is 29.0 Å². The van der Waals surface area contributed by atoms with Gasteiger partial charge in [0.25, 0.3) is 5.91 Å². The van der Waals surface area contributed by atoms with Gasteiger partial charge in [-0.3, -0.25) is 4.79 Å². The second kappa shape index (κ2) is 6.22. The maximum absolute atomic E-state index is 12.5. The van der Waals surface area contributed by atoms with Crippen LogP contribution >= 0.6 is 11.3 Å². The topological polar surface area (TPSA) is 72.4 Å². The fourth-order valence-electron chi connectivity index (χ4n) is 2.82. The molecule has 2 aromatic heterocycles. The molecule has 1 atom stereocenters. The Morgan fingerprint density at radius 3 is 2.77 bits per heavy atom. The summed E-state index contributed by atoms with van der Waals surface area (Å²) in [5.74, 6) is 2.09. The molecule has 0 aromatic carbocycles. The summed E-state index contributed by atoms with van der Waals surface area (Å²) < 4.78 is 5.56. The van der Waals surface area contributed by atoms with Gasteiger partial charge in [-0.15, -0.1) is 11.3 Å². The van der Waals surface area contributed by atoms with Gasteiger partial charge in [0.05, 0.1) is 0 Å². The van der Waals surface area contributed by atoms with Gasteiger partial charge in [-0.1, -0.05) is 0 Å². The standard InChI is InChI=1S/C16H21N3O2S/c1-10-3-4-14(21-10)15-18-13(9-22-15)16(20)19-7-5-12(6-8-19)11(2)17/h3-4,9,11-12H,5-8,17H2,1-2H3. The molecule has 2 N–H and O–H groups in total. The summed E-state index contributed by atoms with van der Waals surface area (Å²) in [6.07, 6.45) is 1.94. The summed E-state index contributed by atoms with van der Waals surface area (Å²) in [6, 6.07) is 3.98. The smallest absolute Gasteiger partial charge is 0.273 e. The van der Waals surface area contributed by atoms with Crippen LogP contribution in [-0.4, -0.2) is 34.9 Å². The van der Waals surface area contributed by atoms with E-state index in [0.29, 0.717) is 11.6 Å². The van der Waals surface area contributed by atoms with E-state index in [-0.39, 0.29) is 11.9 Å². The molecule has 1 amide bonds. The van der Waals surface area contributed by atoms with Crippen molar-refractivity contribution in [2.45, 2.75) is 32.7 Å². The van der Waals surface area contributed by atoms with Crippen LogP contribution in [0.25, 0.3) is 10.8 Å². The van der Waals surface area contributed by atoms with Gasteiger partial charge in [-0.2, -0.15) is 0 Å². The molecule has 1 aliphatic rings. The van der Waals surface area contributed by atoms with Crippen molar-refractivity contribution in [1.82, 2.24) is 9.88 Å². The van der Waals surface area contributed by atoms with E-state index in [4.69, 9.17) is 10.2 Å². The third kappa shape index (κ3) is 3.08. The predicted molar refractivity (Wildman–Crippen MR) is 86.8 cm³/mol. The number of hydrogen-bond donors (Lipinski definition) is 1. The predicted octanol–water partition coefficient (Wildman–Crippen LogP) is 2.91. The minimum atomic E-state index is 0.00824. The molecule has 0 bridgehead atoms. The highest BCUT2D eigenvalue weighted by Crippen LogP contribution is 2.27. The van der Waals surface area contributed by atoms with Gasteiger partial charge < -0.3 is 15.1 Å². The Balaban J connectivity index is 1.67. The minimum absolute atomic E-state index is 0.00824. The zero-order valence-corrected chi connectivity index (χ0v) is 13.7. The van der Waals surface area contributed by atoms with Crippen LogP contribution in [0.3, 0.4) is 0 Å². The van der Waals surface area contributed by atoms with Crippen molar-refractivity contribution in [3.8, 4) is 10.8 Å². The Morgan fingerprint density at radius 2 is 2.18 bits per heavy atom. The van der Waals surface area contributed by atoms with Crippen LogP contribution < -0.4 is 5.73 Å². The molecule has 5 nitrogen and oxygen atoms in total. The molecule has 0 spiro atoms. The van der Waals surface area contributed by atoms with Crippen molar-refractivity contribution in [2.24, 2.45) is 11.7 Å². The first-order valence-electron chi connectivity index (χ1n) is 7.62. The van der Waals surface area contributed by atoms with Gasteiger partial charge in [0, 0.05) is 24.5 Å². The average molecular weight is 319 g/mol. The molecule has 1 aliphatic heterocycles. The number of aryl methyl sites for hydroxylation is 1. The summed E-state index contributed by atoms with van der Waals surface area (Å²) in [4.78, 5) is 18.8. The second-order valence-electron chi connectivity index (χ2n) is 5.94. The first kappa shape index (κ1) is 15.2. The zero-order chi connectivity index (χ0) is 15.7. The number of rotatable bonds is 3. The van der Waals surface area contributed by atoms with E-state index in [9.17, 15) is 4.79 Å². The third-order valence-corrected chi connectivity index (χ3v) is 5.10. The zero-order valence-electron chi connectivity index (χ0n) is 12.9. The molecule has 1 saturated heterocycles. The Kier molecular flexibility index (Phi) is 4.31. The molecule has 6 heteroatoms.